The molecule has 0 aliphatic heterocycles. The van der Waals surface area contributed by atoms with E-state index in [-0.39, 0.29) is 5.91 Å². The Kier molecular flexibility index (Phi) is 3.53. The Labute approximate surface area is 111 Å². The molecule has 2 rings (SSSR count). The lowest BCUT2D eigenvalue weighted by Crippen LogP contribution is -2.12. The summed E-state index contributed by atoms with van der Waals surface area (Å²) >= 11 is 5.98. The van der Waals surface area contributed by atoms with Crippen LogP contribution in [0, 0.1) is 6.92 Å². The Balaban J connectivity index is 2.19. The zero-order chi connectivity index (χ0) is 13.1. The molecule has 3 N–H and O–H groups in total. The normalized spacial score (nSPS) is 10.1. The maximum Gasteiger partial charge on any atom is 0.257 e. The minimum Gasteiger partial charge on any atom is -0.399 e. The molecule has 18 heavy (non-hydrogen) atoms. The van der Waals surface area contributed by atoms with Crippen LogP contribution in [0.25, 0.3) is 0 Å². The lowest BCUT2D eigenvalue weighted by Gasteiger charge is -2.07. The van der Waals surface area contributed by atoms with Crippen LogP contribution in [0.2, 0.25) is 5.02 Å². The predicted octanol–water partition coefficient (Wildman–Crippen LogP) is 3.48. The Morgan fingerprint density at radius 2 is 1.83 bits per heavy atom. The number of nitrogens with one attached hydrogen (secondary N) is 1. The molecule has 3 nitrogen and oxygen atoms in total. The summed E-state index contributed by atoms with van der Waals surface area (Å²) in [5.41, 5.74) is 8.40. The average molecular weight is 261 g/mol. The van der Waals surface area contributed by atoms with E-state index in [1.165, 1.54) is 0 Å². The van der Waals surface area contributed by atoms with Gasteiger partial charge in [-0.25, -0.2) is 0 Å². The summed E-state index contributed by atoms with van der Waals surface area (Å²) in [6.45, 7) is 1.99. The van der Waals surface area contributed by atoms with Gasteiger partial charge in [0.1, 0.15) is 0 Å². The molecule has 0 fully saturated rings. The molecular formula is C14H13ClN2O. The molecule has 4 heteroatoms. The molecule has 0 atom stereocenters. The molecule has 0 unspecified atom stereocenters. The second-order valence-electron chi connectivity index (χ2n) is 4.06. The lowest BCUT2D eigenvalue weighted by atomic mass is 10.1. The van der Waals surface area contributed by atoms with Crippen LogP contribution >= 0.6 is 11.6 Å². The topological polar surface area (TPSA) is 55.1 Å². The van der Waals surface area contributed by atoms with Gasteiger partial charge in [-0.05, 0) is 37.3 Å². The molecule has 0 saturated heterocycles. The number of nitrogens with two attached hydrogens (primary N) is 1. The number of anilines is 2. The van der Waals surface area contributed by atoms with E-state index in [2.05, 4.69) is 5.32 Å². The third-order valence-electron chi connectivity index (χ3n) is 2.55. The number of aryl methyl sites for hydroxylation is 1. The van der Waals surface area contributed by atoms with Crippen LogP contribution in [-0.4, -0.2) is 5.91 Å². The minimum atomic E-state index is -0.246. The Morgan fingerprint density at radius 1 is 1.17 bits per heavy atom. The number of amides is 1. The van der Waals surface area contributed by atoms with Gasteiger partial charge in [0.05, 0.1) is 10.6 Å². The fraction of sp³-hybridized carbons (Fsp3) is 0.0714. The Bertz CT molecular complexity index is 579. The molecule has 92 valence electrons. The highest BCUT2D eigenvalue weighted by Gasteiger charge is 2.10. The third-order valence-corrected chi connectivity index (χ3v) is 2.86. The van der Waals surface area contributed by atoms with Crippen molar-refractivity contribution < 1.29 is 4.79 Å². The number of hydrogen-bond donors (Lipinski definition) is 2. The van der Waals surface area contributed by atoms with Crippen LogP contribution in [0.3, 0.4) is 0 Å². The van der Waals surface area contributed by atoms with Crippen molar-refractivity contribution in [1.82, 2.24) is 0 Å². The average Bonchev–Trinajstić information content (AvgIpc) is 2.32. The summed E-state index contributed by atoms with van der Waals surface area (Å²) in [6, 6.07) is 12.4. The Hall–Kier alpha value is -2.00. The van der Waals surface area contributed by atoms with Gasteiger partial charge in [0, 0.05) is 11.4 Å². The first-order chi connectivity index (χ1) is 8.56. The summed E-state index contributed by atoms with van der Waals surface area (Å²) in [7, 11) is 0. The molecule has 0 aliphatic rings. The van der Waals surface area contributed by atoms with Gasteiger partial charge in [-0.15, -0.1) is 0 Å². The van der Waals surface area contributed by atoms with E-state index in [1.807, 2.05) is 31.2 Å². The first-order valence-corrected chi connectivity index (χ1v) is 5.87. The SMILES string of the molecule is Cc1ccc(NC(=O)c2ccc(N)cc2Cl)cc1. The fourth-order valence-electron chi connectivity index (χ4n) is 1.55. The summed E-state index contributed by atoms with van der Waals surface area (Å²) in [4.78, 5) is 12.0. The Morgan fingerprint density at radius 3 is 2.44 bits per heavy atom. The van der Waals surface area contributed by atoms with E-state index >= 15 is 0 Å². The molecular weight excluding hydrogens is 248 g/mol. The molecule has 0 bridgehead atoms. The van der Waals surface area contributed by atoms with Crippen molar-refractivity contribution in [3.8, 4) is 0 Å². The van der Waals surface area contributed by atoms with Crippen molar-refractivity contribution in [2.75, 3.05) is 11.1 Å². The standard InChI is InChI=1S/C14H13ClN2O/c1-9-2-5-11(6-3-9)17-14(18)12-7-4-10(16)8-13(12)15/h2-8H,16H2,1H3,(H,17,18). The van der Waals surface area contributed by atoms with Crippen molar-refractivity contribution in [1.29, 1.82) is 0 Å². The quantitative estimate of drug-likeness (QED) is 0.812. The van der Waals surface area contributed by atoms with E-state index in [1.54, 1.807) is 18.2 Å². The molecule has 2 aromatic rings. The van der Waals surface area contributed by atoms with Crippen LogP contribution in [0.4, 0.5) is 11.4 Å². The minimum absolute atomic E-state index is 0.246. The second kappa shape index (κ2) is 5.10. The van der Waals surface area contributed by atoms with Gasteiger partial charge in [-0.3, -0.25) is 4.79 Å². The number of carbonyl (C=O) groups excluding carboxylic acids is 1. The van der Waals surface area contributed by atoms with E-state index in [0.29, 0.717) is 16.3 Å². The first kappa shape index (κ1) is 12.5. The highest BCUT2D eigenvalue weighted by atomic mass is 35.5. The lowest BCUT2D eigenvalue weighted by molar-refractivity contribution is 0.102. The fourth-order valence-corrected chi connectivity index (χ4v) is 1.83. The zero-order valence-electron chi connectivity index (χ0n) is 9.91. The first-order valence-electron chi connectivity index (χ1n) is 5.49. The van der Waals surface area contributed by atoms with Crippen LogP contribution in [0.15, 0.2) is 42.5 Å². The summed E-state index contributed by atoms with van der Waals surface area (Å²) in [5.74, 6) is -0.246. The smallest absolute Gasteiger partial charge is 0.257 e. The van der Waals surface area contributed by atoms with Gasteiger partial charge in [-0.2, -0.15) is 0 Å². The summed E-state index contributed by atoms with van der Waals surface area (Å²) in [6.07, 6.45) is 0. The number of halogens is 1. The summed E-state index contributed by atoms with van der Waals surface area (Å²) in [5, 5.41) is 3.13. The van der Waals surface area contributed by atoms with Gasteiger partial charge in [0.25, 0.3) is 5.91 Å². The van der Waals surface area contributed by atoms with Crippen molar-refractivity contribution >= 4 is 28.9 Å². The number of hydrogen-bond acceptors (Lipinski definition) is 2. The van der Waals surface area contributed by atoms with Gasteiger partial charge < -0.3 is 11.1 Å². The number of carbonyl (C=O) groups is 1. The molecule has 0 saturated carbocycles. The van der Waals surface area contributed by atoms with Crippen LogP contribution in [0.5, 0.6) is 0 Å². The molecule has 0 aliphatic carbocycles. The highest BCUT2D eigenvalue weighted by Crippen LogP contribution is 2.20. The molecule has 0 aromatic heterocycles. The number of benzene rings is 2. The van der Waals surface area contributed by atoms with E-state index < -0.39 is 0 Å². The van der Waals surface area contributed by atoms with Crippen molar-refractivity contribution in [3.05, 3.63) is 58.6 Å². The molecule has 2 aromatic carbocycles. The van der Waals surface area contributed by atoms with Crippen molar-refractivity contribution in [3.63, 3.8) is 0 Å². The van der Waals surface area contributed by atoms with Gasteiger partial charge in [0.15, 0.2) is 0 Å². The molecule has 0 heterocycles. The van der Waals surface area contributed by atoms with Crippen LogP contribution in [-0.2, 0) is 0 Å². The van der Waals surface area contributed by atoms with E-state index in [0.717, 1.165) is 11.3 Å². The molecule has 0 spiro atoms. The maximum absolute atomic E-state index is 12.0. The largest absolute Gasteiger partial charge is 0.399 e. The van der Waals surface area contributed by atoms with Crippen LogP contribution < -0.4 is 11.1 Å². The number of nitrogen functional groups attached to an aromatic ring is 1. The van der Waals surface area contributed by atoms with E-state index in [4.69, 9.17) is 17.3 Å². The highest BCUT2D eigenvalue weighted by molar-refractivity contribution is 6.34. The van der Waals surface area contributed by atoms with Crippen molar-refractivity contribution in [2.45, 2.75) is 6.92 Å². The van der Waals surface area contributed by atoms with Crippen LogP contribution in [0.1, 0.15) is 15.9 Å². The second-order valence-corrected chi connectivity index (χ2v) is 4.47. The van der Waals surface area contributed by atoms with Gasteiger partial charge >= 0.3 is 0 Å². The van der Waals surface area contributed by atoms with Gasteiger partial charge in [0.2, 0.25) is 0 Å². The summed E-state index contributed by atoms with van der Waals surface area (Å²) < 4.78 is 0. The molecule has 0 radical (unpaired) electrons. The zero-order valence-corrected chi connectivity index (χ0v) is 10.7. The molecule has 1 amide bonds. The van der Waals surface area contributed by atoms with Crippen molar-refractivity contribution in [2.24, 2.45) is 0 Å². The maximum atomic E-state index is 12.0. The van der Waals surface area contributed by atoms with Gasteiger partial charge in [-0.1, -0.05) is 29.3 Å². The third kappa shape index (κ3) is 2.81. The predicted molar refractivity (Wildman–Crippen MR) is 75.0 cm³/mol. The van der Waals surface area contributed by atoms with E-state index in [9.17, 15) is 4.79 Å². The monoisotopic (exact) mass is 260 g/mol. The number of rotatable bonds is 2.